The van der Waals surface area contributed by atoms with Gasteiger partial charge in [-0.15, -0.1) is 10.1 Å². The molecule has 26 heavy (non-hydrogen) atoms. The van der Waals surface area contributed by atoms with Crippen molar-refractivity contribution in [2.24, 2.45) is 5.14 Å². The van der Waals surface area contributed by atoms with Crippen LogP contribution in [0.1, 0.15) is 6.42 Å². The molecule has 0 radical (unpaired) electrons. The lowest BCUT2D eigenvalue weighted by molar-refractivity contribution is -0.757. The monoisotopic (exact) mass is 425 g/mol. The molecule has 0 saturated carbocycles. The van der Waals surface area contributed by atoms with E-state index in [4.69, 9.17) is 16.7 Å². The normalized spacial score (nSPS) is 14.2. The van der Waals surface area contributed by atoms with Crippen LogP contribution in [0.5, 0.6) is 0 Å². The average molecular weight is 426 g/mol. The first-order valence-electron chi connectivity index (χ1n) is 7.24. The minimum Gasteiger partial charge on any atom is -0.370 e. The lowest BCUT2D eigenvalue weighted by atomic mass is 10.3. The fraction of sp³-hybridized carbons (Fsp3) is 0.417. The minimum atomic E-state index is -3.96. The van der Waals surface area contributed by atoms with E-state index < -0.39 is 15.1 Å². The Balaban J connectivity index is 1.89. The van der Waals surface area contributed by atoms with Crippen LogP contribution in [0.4, 0.5) is 5.69 Å². The zero-order chi connectivity index (χ0) is 19.3. The third-order valence-electron chi connectivity index (χ3n) is 3.17. The van der Waals surface area contributed by atoms with Crippen LogP contribution in [-0.4, -0.2) is 50.1 Å². The first kappa shape index (κ1) is 20.5. The summed E-state index contributed by atoms with van der Waals surface area (Å²) in [5.74, 6) is -0.288. The molecule has 0 aromatic heterocycles. The topological polar surface area (TPSA) is 157 Å². The standard InChI is InChI=1S/C12H16ClN5O6S2/c13-8-4-9-10(5-11(8)26(14,22)23)25-17(7-16-9)6-12(19)15-2-1-3-24-18(20)21/h4-5,16H,1-3,6-7H2,(H,15,19)(H2,14,22,23). The number of amides is 1. The van der Waals surface area contributed by atoms with Gasteiger partial charge in [-0.3, -0.25) is 4.79 Å². The molecule has 0 spiro atoms. The third-order valence-corrected chi connectivity index (χ3v) is 5.60. The van der Waals surface area contributed by atoms with Gasteiger partial charge in [0.1, 0.15) is 4.90 Å². The number of fused-ring (bicyclic) bond motifs is 1. The van der Waals surface area contributed by atoms with Crippen molar-refractivity contribution in [3.63, 3.8) is 0 Å². The zero-order valence-electron chi connectivity index (χ0n) is 13.3. The number of carbonyl (C=O) groups excluding carboxylic acids is 1. The molecule has 11 nitrogen and oxygen atoms in total. The van der Waals surface area contributed by atoms with Gasteiger partial charge in [0.25, 0.3) is 5.09 Å². The molecule has 2 rings (SSSR count). The van der Waals surface area contributed by atoms with E-state index in [2.05, 4.69) is 15.5 Å². The summed E-state index contributed by atoms with van der Waals surface area (Å²) in [5, 5.41) is 19.9. The molecule has 14 heteroatoms. The summed E-state index contributed by atoms with van der Waals surface area (Å²) in [6.45, 7) is 0.499. The van der Waals surface area contributed by atoms with Crippen molar-refractivity contribution in [2.45, 2.75) is 16.2 Å². The minimum absolute atomic E-state index is 0.0162. The summed E-state index contributed by atoms with van der Waals surface area (Å²) in [5.41, 5.74) is 0.640. The van der Waals surface area contributed by atoms with E-state index in [9.17, 15) is 23.3 Å². The second-order valence-corrected chi connectivity index (χ2v) is 8.23. The maximum Gasteiger partial charge on any atom is 0.294 e. The maximum absolute atomic E-state index is 11.9. The van der Waals surface area contributed by atoms with Gasteiger partial charge in [0.2, 0.25) is 15.9 Å². The number of halogens is 1. The van der Waals surface area contributed by atoms with E-state index in [0.29, 0.717) is 23.7 Å². The smallest absolute Gasteiger partial charge is 0.294 e. The molecule has 0 bridgehead atoms. The molecule has 4 N–H and O–H groups in total. The van der Waals surface area contributed by atoms with Gasteiger partial charge >= 0.3 is 0 Å². The van der Waals surface area contributed by atoms with Crippen molar-refractivity contribution in [1.29, 1.82) is 0 Å². The zero-order valence-corrected chi connectivity index (χ0v) is 15.7. The molecular weight excluding hydrogens is 410 g/mol. The molecule has 1 aliphatic rings. The first-order chi connectivity index (χ1) is 12.2. The lowest BCUT2D eigenvalue weighted by Gasteiger charge is -2.28. The van der Waals surface area contributed by atoms with Gasteiger partial charge in [0.05, 0.1) is 30.5 Å². The largest absolute Gasteiger partial charge is 0.370 e. The van der Waals surface area contributed by atoms with Gasteiger partial charge in [-0.05, 0) is 30.5 Å². The molecule has 0 unspecified atom stereocenters. The van der Waals surface area contributed by atoms with Crippen molar-refractivity contribution >= 4 is 45.2 Å². The lowest BCUT2D eigenvalue weighted by Crippen LogP contribution is -2.38. The summed E-state index contributed by atoms with van der Waals surface area (Å²) >= 11 is 7.12. The average Bonchev–Trinajstić information content (AvgIpc) is 2.53. The van der Waals surface area contributed by atoms with Crippen LogP contribution in [0, 0.1) is 10.1 Å². The number of benzene rings is 1. The molecule has 0 atom stereocenters. The van der Waals surface area contributed by atoms with Gasteiger partial charge in [-0.2, -0.15) is 0 Å². The van der Waals surface area contributed by atoms with Crippen molar-refractivity contribution in [3.8, 4) is 0 Å². The molecule has 0 aliphatic carbocycles. The number of rotatable bonds is 8. The molecule has 1 aliphatic heterocycles. The van der Waals surface area contributed by atoms with Gasteiger partial charge in [0.15, 0.2) is 0 Å². The summed E-state index contributed by atoms with van der Waals surface area (Å²) < 4.78 is 24.8. The van der Waals surface area contributed by atoms with Gasteiger partial charge in [0, 0.05) is 11.4 Å². The SMILES string of the molecule is NS(=O)(=O)c1cc2c(cc1Cl)NCN(CC(=O)NCCCO[N+](=O)[O-])S2. The Kier molecular flexibility index (Phi) is 6.88. The number of nitrogens with two attached hydrogens (primary N) is 1. The van der Waals surface area contributed by atoms with E-state index in [1.165, 1.54) is 24.1 Å². The molecule has 1 aromatic carbocycles. The van der Waals surface area contributed by atoms with E-state index >= 15 is 0 Å². The van der Waals surface area contributed by atoms with Crippen molar-refractivity contribution in [2.75, 3.05) is 31.7 Å². The fourth-order valence-electron chi connectivity index (χ4n) is 2.05. The Morgan fingerprint density at radius 1 is 1.54 bits per heavy atom. The number of sulfonamides is 1. The molecule has 0 fully saturated rings. The number of nitrogens with one attached hydrogen (secondary N) is 2. The van der Waals surface area contributed by atoms with E-state index in [1.54, 1.807) is 4.31 Å². The Hall–Kier alpha value is -1.80. The highest BCUT2D eigenvalue weighted by atomic mass is 35.5. The second kappa shape index (κ2) is 8.73. The van der Waals surface area contributed by atoms with E-state index in [1.807, 2.05) is 0 Å². The van der Waals surface area contributed by atoms with Crippen LogP contribution in [0.2, 0.25) is 5.02 Å². The number of primary sulfonamides is 1. The van der Waals surface area contributed by atoms with Crippen LogP contribution in [0.3, 0.4) is 0 Å². The van der Waals surface area contributed by atoms with Crippen molar-refractivity contribution in [1.82, 2.24) is 9.62 Å². The summed E-state index contributed by atoms with van der Waals surface area (Å²) in [4.78, 5) is 26.4. The van der Waals surface area contributed by atoms with Gasteiger partial charge in [-0.25, -0.2) is 17.9 Å². The highest BCUT2D eigenvalue weighted by Crippen LogP contribution is 2.38. The van der Waals surface area contributed by atoms with Gasteiger partial charge in [-0.1, -0.05) is 11.6 Å². The Morgan fingerprint density at radius 3 is 2.92 bits per heavy atom. The quantitative estimate of drug-likeness (QED) is 0.232. The number of nitrogens with zero attached hydrogens (tertiary/aromatic N) is 2. The molecule has 0 saturated heterocycles. The maximum atomic E-state index is 11.9. The van der Waals surface area contributed by atoms with Crippen LogP contribution < -0.4 is 15.8 Å². The van der Waals surface area contributed by atoms with E-state index in [-0.39, 0.29) is 35.5 Å². The predicted octanol–water partition coefficient (Wildman–Crippen LogP) is 0.394. The number of hydrogen-bond donors (Lipinski definition) is 3. The van der Waals surface area contributed by atoms with Crippen LogP contribution in [0.15, 0.2) is 21.9 Å². The second-order valence-electron chi connectivity index (χ2n) is 5.15. The van der Waals surface area contributed by atoms with Crippen LogP contribution >= 0.6 is 23.5 Å². The summed E-state index contributed by atoms with van der Waals surface area (Å²) in [6.07, 6.45) is 0.303. The number of carbonyl (C=O) groups is 1. The molecule has 1 amide bonds. The number of anilines is 1. The van der Waals surface area contributed by atoms with Crippen LogP contribution in [-0.2, 0) is 19.7 Å². The highest BCUT2D eigenvalue weighted by molar-refractivity contribution is 7.97. The van der Waals surface area contributed by atoms with Gasteiger partial charge < -0.3 is 15.5 Å². The fourth-order valence-corrected chi connectivity index (χ4v) is 4.22. The Labute approximate surface area is 158 Å². The number of hydrogen-bond acceptors (Lipinski definition) is 9. The van der Waals surface area contributed by atoms with Crippen molar-refractivity contribution in [3.05, 3.63) is 27.3 Å². The highest BCUT2D eigenvalue weighted by Gasteiger charge is 2.23. The molecule has 1 heterocycles. The van der Waals surface area contributed by atoms with Crippen molar-refractivity contribution < 1.29 is 23.1 Å². The Bertz CT molecular complexity index is 806. The molecular formula is C12H16ClN5O6S2. The van der Waals surface area contributed by atoms with E-state index in [0.717, 1.165) is 0 Å². The van der Waals surface area contributed by atoms with Crippen LogP contribution in [0.25, 0.3) is 0 Å². The Morgan fingerprint density at radius 2 is 2.27 bits per heavy atom. The first-order valence-corrected chi connectivity index (χ1v) is 9.93. The third kappa shape index (κ3) is 5.88. The predicted molar refractivity (Wildman–Crippen MR) is 94.5 cm³/mol. The summed E-state index contributed by atoms with van der Waals surface area (Å²) in [6, 6.07) is 2.82. The summed E-state index contributed by atoms with van der Waals surface area (Å²) in [7, 11) is -3.96. The molecule has 144 valence electrons. The molecule has 1 aromatic rings.